The molecule has 0 heterocycles. The molecule has 1 rings (SSSR count). The van der Waals surface area contributed by atoms with Crippen LogP contribution in [-0.4, -0.2) is 35.2 Å². The zero-order valence-electron chi connectivity index (χ0n) is 10.5. The maximum Gasteiger partial charge on any atom is 0.221 e. The van der Waals surface area contributed by atoms with Gasteiger partial charge in [-0.15, -0.1) is 0 Å². The first kappa shape index (κ1) is 13.8. The molecule has 4 heteroatoms. The molecule has 0 spiro atoms. The van der Waals surface area contributed by atoms with Gasteiger partial charge in [0.25, 0.3) is 0 Å². The third-order valence-electron chi connectivity index (χ3n) is 3.65. The molecule has 3 unspecified atom stereocenters. The minimum absolute atomic E-state index is 0.113. The van der Waals surface area contributed by atoms with Crippen LogP contribution >= 0.6 is 11.8 Å². The van der Waals surface area contributed by atoms with Crippen LogP contribution in [0.3, 0.4) is 0 Å². The second-order valence-electron chi connectivity index (χ2n) is 5.07. The molecule has 1 fully saturated rings. The van der Waals surface area contributed by atoms with Gasteiger partial charge in [0.05, 0.1) is 6.61 Å². The highest BCUT2D eigenvalue weighted by atomic mass is 32.2. The molecule has 2 N–H and O–H groups in total. The second-order valence-corrected chi connectivity index (χ2v) is 6.35. The maximum absolute atomic E-state index is 11.8. The lowest BCUT2D eigenvalue weighted by molar-refractivity contribution is -0.122. The number of thioether (sulfide) groups is 1. The molecule has 0 bridgehead atoms. The van der Waals surface area contributed by atoms with Gasteiger partial charge in [-0.3, -0.25) is 4.79 Å². The van der Waals surface area contributed by atoms with E-state index in [1.165, 1.54) is 0 Å². The van der Waals surface area contributed by atoms with Gasteiger partial charge in [-0.2, -0.15) is 11.8 Å². The first-order valence-electron chi connectivity index (χ1n) is 5.95. The van der Waals surface area contributed by atoms with Crippen LogP contribution in [0.5, 0.6) is 0 Å². The monoisotopic (exact) mass is 245 g/mol. The maximum atomic E-state index is 11.8. The lowest BCUT2D eigenvalue weighted by atomic mass is 9.86. The molecule has 1 saturated carbocycles. The van der Waals surface area contributed by atoms with Crippen LogP contribution in [-0.2, 0) is 4.79 Å². The van der Waals surface area contributed by atoms with Gasteiger partial charge in [-0.05, 0) is 19.1 Å². The van der Waals surface area contributed by atoms with Crippen molar-refractivity contribution in [3.8, 4) is 0 Å². The van der Waals surface area contributed by atoms with Crippen LogP contribution < -0.4 is 5.32 Å². The van der Waals surface area contributed by atoms with E-state index in [2.05, 4.69) is 19.2 Å². The topological polar surface area (TPSA) is 49.3 Å². The van der Waals surface area contributed by atoms with E-state index in [1.54, 1.807) is 11.8 Å². The molecule has 0 saturated heterocycles. The number of amides is 1. The summed E-state index contributed by atoms with van der Waals surface area (Å²) >= 11 is 1.71. The van der Waals surface area contributed by atoms with E-state index in [0.29, 0.717) is 11.7 Å². The first-order valence-corrected chi connectivity index (χ1v) is 7.23. The molecule has 0 aliphatic heterocycles. The van der Waals surface area contributed by atoms with Crippen molar-refractivity contribution in [2.75, 3.05) is 12.9 Å². The van der Waals surface area contributed by atoms with E-state index < -0.39 is 0 Å². The van der Waals surface area contributed by atoms with Gasteiger partial charge in [0.1, 0.15) is 0 Å². The predicted molar refractivity (Wildman–Crippen MR) is 68.6 cm³/mol. The molecule has 3 atom stereocenters. The molecule has 0 aromatic carbocycles. The van der Waals surface area contributed by atoms with Crippen molar-refractivity contribution in [1.29, 1.82) is 0 Å². The third kappa shape index (κ3) is 3.39. The average molecular weight is 245 g/mol. The highest BCUT2D eigenvalue weighted by Gasteiger charge is 2.38. The molecule has 0 aromatic heterocycles. The van der Waals surface area contributed by atoms with Crippen molar-refractivity contribution in [1.82, 2.24) is 5.32 Å². The number of rotatable bonds is 5. The summed E-state index contributed by atoms with van der Waals surface area (Å²) in [4.78, 5) is 11.8. The highest BCUT2D eigenvalue weighted by molar-refractivity contribution is 7.99. The Balaban J connectivity index is 2.44. The second kappa shape index (κ2) is 5.92. The Hall–Kier alpha value is -0.220. The zero-order chi connectivity index (χ0) is 12.2. The Kier molecular flexibility index (Phi) is 5.12. The third-order valence-corrected chi connectivity index (χ3v) is 4.63. The average Bonchev–Trinajstić information content (AvgIpc) is 2.61. The van der Waals surface area contributed by atoms with E-state index in [9.17, 15) is 9.90 Å². The summed E-state index contributed by atoms with van der Waals surface area (Å²) in [6.45, 7) is 4.28. The van der Waals surface area contributed by atoms with Crippen molar-refractivity contribution in [3.63, 3.8) is 0 Å². The fourth-order valence-corrected chi connectivity index (χ4v) is 2.58. The SMILES string of the molecule is CSC(C)CC(=O)NC1CCCC1(C)CO. The molecule has 0 aromatic rings. The number of carbonyl (C=O) groups excluding carboxylic acids is 1. The highest BCUT2D eigenvalue weighted by Crippen LogP contribution is 2.37. The van der Waals surface area contributed by atoms with Crippen LogP contribution in [0.4, 0.5) is 0 Å². The van der Waals surface area contributed by atoms with E-state index in [-0.39, 0.29) is 24.0 Å². The van der Waals surface area contributed by atoms with Crippen molar-refractivity contribution < 1.29 is 9.90 Å². The van der Waals surface area contributed by atoms with Crippen molar-refractivity contribution in [2.24, 2.45) is 5.41 Å². The number of carbonyl (C=O) groups is 1. The standard InChI is InChI=1S/C12H23NO2S/c1-9(16-3)7-11(15)13-10-5-4-6-12(10,2)8-14/h9-10,14H,4-8H2,1-3H3,(H,13,15). The van der Waals surface area contributed by atoms with Gasteiger partial charge in [0.2, 0.25) is 5.91 Å². The van der Waals surface area contributed by atoms with E-state index in [0.717, 1.165) is 19.3 Å². The smallest absolute Gasteiger partial charge is 0.221 e. The molecule has 1 amide bonds. The van der Waals surface area contributed by atoms with Crippen molar-refractivity contribution in [3.05, 3.63) is 0 Å². The van der Waals surface area contributed by atoms with Gasteiger partial charge in [-0.1, -0.05) is 20.3 Å². The molecule has 0 radical (unpaired) electrons. The van der Waals surface area contributed by atoms with Gasteiger partial charge >= 0.3 is 0 Å². The number of aliphatic hydroxyl groups excluding tert-OH is 1. The van der Waals surface area contributed by atoms with Crippen LogP contribution in [0.2, 0.25) is 0 Å². The number of nitrogens with one attached hydrogen (secondary N) is 1. The fourth-order valence-electron chi connectivity index (χ4n) is 2.27. The summed E-state index contributed by atoms with van der Waals surface area (Å²) in [6.07, 6.45) is 5.69. The molecule has 3 nitrogen and oxygen atoms in total. The molecular weight excluding hydrogens is 222 g/mol. The lowest BCUT2D eigenvalue weighted by Crippen LogP contribution is -2.45. The lowest BCUT2D eigenvalue weighted by Gasteiger charge is -2.30. The summed E-state index contributed by atoms with van der Waals surface area (Å²) in [6, 6.07) is 0.152. The number of aliphatic hydroxyl groups is 1. The van der Waals surface area contributed by atoms with Gasteiger partial charge in [0.15, 0.2) is 0 Å². The zero-order valence-corrected chi connectivity index (χ0v) is 11.3. The summed E-state index contributed by atoms with van der Waals surface area (Å²) in [7, 11) is 0. The van der Waals surface area contributed by atoms with E-state index in [4.69, 9.17) is 0 Å². The van der Waals surface area contributed by atoms with Crippen molar-refractivity contribution >= 4 is 17.7 Å². The molecular formula is C12H23NO2S. The Morgan fingerprint density at radius 1 is 1.69 bits per heavy atom. The van der Waals surface area contributed by atoms with Gasteiger partial charge in [0, 0.05) is 23.1 Å². The van der Waals surface area contributed by atoms with E-state index >= 15 is 0 Å². The van der Waals surface area contributed by atoms with Crippen molar-refractivity contribution in [2.45, 2.75) is 50.8 Å². The summed E-state index contributed by atoms with van der Waals surface area (Å²) < 4.78 is 0. The minimum Gasteiger partial charge on any atom is -0.396 e. The van der Waals surface area contributed by atoms with E-state index in [1.807, 2.05) is 6.26 Å². The molecule has 94 valence electrons. The molecule has 1 aliphatic rings. The Morgan fingerprint density at radius 3 is 2.94 bits per heavy atom. The normalized spacial score (nSPS) is 31.4. The van der Waals surface area contributed by atoms with Crippen LogP contribution in [0, 0.1) is 5.41 Å². The van der Waals surface area contributed by atoms with Gasteiger partial charge < -0.3 is 10.4 Å². The summed E-state index contributed by atoms with van der Waals surface area (Å²) in [5.41, 5.74) is -0.113. The predicted octanol–water partition coefficient (Wildman–Crippen LogP) is 1.80. The van der Waals surface area contributed by atoms with Crippen LogP contribution in [0.1, 0.15) is 39.5 Å². The summed E-state index contributed by atoms with van der Waals surface area (Å²) in [5, 5.41) is 12.8. The quantitative estimate of drug-likeness (QED) is 0.776. The first-order chi connectivity index (χ1) is 7.51. The number of hydrogen-bond donors (Lipinski definition) is 2. The Labute approximate surface area is 102 Å². The van der Waals surface area contributed by atoms with Gasteiger partial charge in [-0.25, -0.2) is 0 Å². The largest absolute Gasteiger partial charge is 0.396 e. The molecule has 16 heavy (non-hydrogen) atoms. The number of hydrogen-bond acceptors (Lipinski definition) is 3. The Bertz CT molecular complexity index is 247. The summed E-state index contributed by atoms with van der Waals surface area (Å²) in [5.74, 6) is 0.119. The fraction of sp³-hybridized carbons (Fsp3) is 0.917. The van der Waals surface area contributed by atoms with Crippen LogP contribution in [0.25, 0.3) is 0 Å². The molecule has 1 aliphatic carbocycles. The minimum atomic E-state index is -0.113. The van der Waals surface area contributed by atoms with Crippen LogP contribution in [0.15, 0.2) is 0 Å². The Morgan fingerprint density at radius 2 is 2.38 bits per heavy atom.